The monoisotopic (exact) mass is 232 g/mol. The highest BCUT2D eigenvalue weighted by Gasteiger charge is 2.09. The second kappa shape index (κ2) is 6.53. The van der Waals surface area contributed by atoms with Crippen molar-refractivity contribution in [2.45, 2.75) is 6.92 Å². The summed E-state index contributed by atoms with van der Waals surface area (Å²) >= 11 is 0. The van der Waals surface area contributed by atoms with Crippen molar-refractivity contribution in [2.75, 3.05) is 13.2 Å². The lowest BCUT2D eigenvalue weighted by Gasteiger charge is -2.10. The predicted octanol–water partition coefficient (Wildman–Crippen LogP) is 3.02. The van der Waals surface area contributed by atoms with E-state index in [1.54, 1.807) is 30.4 Å². The fourth-order valence-electron chi connectivity index (χ4n) is 1.31. The van der Waals surface area contributed by atoms with E-state index in [0.717, 1.165) is 0 Å². The van der Waals surface area contributed by atoms with Gasteiger partial charge in [0.2, 0.25) is 0 Å². The van der Waals surface area contributed by atoms with E-state index in [2.05, 4.69) is 13.2 Å². The lowest BCUT2D eigenvalue weighted by Crippen LogP contribution is -2.02. The Morgan fingerprint density at radius 2 is 1.88 bits per heavy atom. The van der Waals surface area contributed by atoms with Crippen LogP contribution in [-0.4, -0.2) is 19.0 Å². The minimum Gasteiger partial charge on any atom is -0.489 e. The van der Waals surface area contributed by atoms with Crippen LogP contribution in [0.2, 0.25) is 0 Å². The van der Waals surface area contributed by atoms with Crippen molar-refractivity contribution in [3.8, 4) is 11.5 Å². The summed E-state index contributed by atoms with van der Waals surface area (Å²) in [5, 5.41) is 0. The molecule has 3 heteroatoms. The maximum Gasteiger partial charge on any atom is 0.163 e. The highest BCUT2D eigenvalue weighted by atomic mass is 16.5. The van der Waals surface area contributed by atoms with Gasteiger partial charge >= 0.3 is 0 Å². The van der Waals surface area contributed by atoms with E-state index in [1.807, 2.05) is 0 Å². The number of carbonyl (C=O) groups excluding carboxylic acids is 1. The molecule has 0 saturated carbocycles. The number of hydrogen-bond donors (Lipinski definition) is 0. The van der Waals surface area contributed by atoms with Gasteiger partial charge in [-0.15, -0.1) is 0 Å². The van der Waals surface area contributed by atoms with Crippen LogP contribution in [0.1, 0.15) is 17.3 Å². The van der Waals surface area contributed by atoms with Crippen molar-refractivity contribution in [1.29, 1.82) is 0 Å². The van der Waals surface area contributed by atoms with Crippen molar-refractivity contribution in [2.24, 2.45) is 0 Å². The van der Waals surface area contributed by atoms with Gasteiger partial charge in [0.1, 0.15) is 24.7 Å². The van der Waals surface area contributed by atoms with Crippen LogP contribution in [0.3, 0.4) is 0 Å². The van der Waals surface area contributed by atoms with Crippen LogP contribution in [0.5, 0.6) is 11.5 Å². The zero-order chi connectivity index (χ0) is 12.7. The SMILES string of the molecule is C=CCOc1ccc(C(C)=O)c(OCC=C)c1. The first kappa shape index (κ1) is 13.0. The second-order valence-electron chi connectivity index (χ2n) is 3.41. The van der Waals surface area contributed by atoms with Crippen molar-refractivity contribution in [3.05, 3.63) is 49.1 Å². The van der Waals surface area contributed by atoms with E-state index in [-0.39, 0.29) is 5.78 Å². The van der Waals surface area contributed by atoms with Crippen molar-refractivity contribution in [3.63, 3.8) is 0 Å². The molecule has 1 aromatic rings. The molecule has 0 fully saturated rings. The van der Waals surface area contributed by atoms with Gasteiger partial charge in [-0.1, -0.05) is 25.3 Å². The molecule has 1 rings (SSSR count). The number of Topliss-reactive ketones (excluding diaryl/α,β-unsaturated/α-hetero) is 1. The molecule has 0 atom stereocenters. The first-order valence-corrected chi connectivity index (χ1v) is 5.31. The summed E-state index contributed by atoms with van der Waals surface area (Å²) in [4.78, 5) is 11.4. The summed E-state index contributed by atoms with van der Waals surface area (Å²) < 4.78 is 10.8. The van der Waals surface area contributed by atoms with Gasteiger partial charge in [-0.2, -0.15) is 0 Å². The smallest absolute Gasteiger partial charge is 0.163 e. The van der Waals surface area contributed by atoms with Gasteiger partial charge in [-0.05, 0) is 19.1 Å². The summed E-state index contributed by atoms with van der Waals surface area (Å²) in [5.74, 6) is 1.12. The Kier molecular flexibility index (Phi) is 5.01. The minimum atomic E-state index is -0.0423. The highest BCUT2D eigenvalue weighted by Crippen LogP contribution is 2.25. The normalized spacial score (nSPS) is 9.47. The van der Waals surface area contributed by atoms with Gasteiger partial charge in [0.15, 0.2) is 5.78 Å². The maximum absolute atomic E-state index is 11.4. The van der Waals surface area contributed by atoms with E-state index in [0.29, 0.717) is 30.3 Å². The predicted molar refractivity (Wildman–Crippen MR) is 67.8 cm³/mol. The Hall–Kier alpha value is -2.03. The van der Waals surface area contributed by atoms with Gasteiger partial charge in [0.25, 0.3) is 0 Å². The fourth-order valence-corrected chi connectivity index (χ4v) is 1.31. The van der Waals surface area contributed by atoms with Crippen LogP contribution < -0.4 is 9.47 Å². The molecule has 0 radical (unpaired) electrons. The minimum absolute atomic E-state index is 0.0423. The molecule has 0 spiro atoms. The Morgan fingerprint density at radius 3 is 2.47 bits per heavy atom. The number of benzene rings is 1. The van der Waals surface area contributed by atoms with Crippen LogP contribution in [0.25, 0.3) is 0 Å². The number of ketones is 1. The Morgan fingerprint density at radius 1 is 1.24 bits per heavy atom. The molecule has 0 bridgehead atoms. The Labute approximate surface area is 101 Å². The summed E-state index contributed by atoms with van der Waals surface area (Å²) in [6.45, 7) is 9.41. The lowest BCUT2D eigenvalue weighted by molar-refractivity contribution is 0.101. The summed E-state index contributed by atoms with van der Waals surface area (Å²) in [6, 6.07) is 5.13. The first-order chi connectivity index (χ1) is 8.19. The van der Waals surface area contributed by atoms with Gasteiger partial charge in [0.05, 0.1) is 5.56 Å². The molecule has 90 valence electrons. The molecule has 0 aliphatic carbocycles. The third-order valence-corrected chi connectivity index (χ3v) is 2.06. The molecule has 0 heterocycles. The zero-order valence-electron chi connectivity index (χ0n) is 9.94. The molecular weight excluding hydrogens is 216 g/mol. The molecule has 0 aliphatic rings. The molecule has 0 N–H and O–H groups in total. The van der Waals surface area contributed by atoms with Gasteiger partial charge in [0, 0.05) is 6.07 Å². The lowest BCUT2D eigenvalue weighted by atomic mass is 10.1. The van der Waals surface area contributed by atoms with Gasteiger partial charge < -0.3 is 9.47 Å². The number of ether oxygens (including phenoxy) is 2. The summed E-state index contributed by atoms with van der Waals surface area (Å²) in [5.41, 5.74) is 0.540. The van der Waals surface area contributed by atoms with Crippen molar-refractivity contribution in [1.82, 2.24) is 0 Å². The third-order valence-electron chi connectivity index (χ3n) is 2.06. The summed E-state index contributed by atoms with van der Waals surface area (Å²) in [6.07, 6.45) is 3.28. The first-order valence-electron chi connectivity index (χ1n) is 5.31. The highest BCUT2D eigenvalue weighted by molar-refractivity contribution is 5.97. The van der Waals surface area contributed by atoms with Crippen molar-refractivity contribution < 1.29 is 14.3 Å². The zero-order valence-corrected chi connectivity index (χ0v) is 9.94. The topological polar surface area (TPSA) is 35.5 Å². The van der Waals surface area contributed by atoms with Crippen LogP contribution >= 0.6 is 0 Å². The molecule has 0 amide bonds. The number of rotatable bonds is 7. The molecule has 0 unspecified atom stereocenters. The molecule has 1 aromatic carbocycles. The van der Waals surface area contributed by atoms with E-state index < -0.39 is 0 Å². The largest absolute Gasteiger partial charge is 0.489 e. The Bertz CT molecular complexity index is 421. The van der Waals surface area contributed by atoms with E-state index in [4.69, 9.17) is 9.47 Å². The second-order valence-corrected chi connectivity index (χ2v) is 3.41. The van der Waals surface area contributed by atoms with Crippen molar-refractivity contribution >= 4 is 5.78 Å². The number of hydrogen-bond acceptors (Lipinski definition) is 3. The quantitative estimate of drug-likeness (QED) is 0.535. The molecule has 17 heavy (non-hydrogen) atoms. The van der Waals surface area contributed by atoms with E-state index in [9.17, 15) is 4.79 Å². The van der Waals surface area contributed by atoms with Crippen LogP contribution in [0, 0.1) is 0 Å². The van der Waals surface area contributed by atoms with Gasteiger partial charge in [-0.3, -0.25) is 4.79 Å². The molecule has 0 aliphatic heterocycles. The summed E-state index contributed by atoms with van der Waals surface area (Å²) in [7, 11) is 0. The molecule has 0 saturated heterocycles. The standard InChI is InChI=1S/C14H16O3/c1-4-8-16-12-6-7-13(11(3)15)14(10-12)17-9-5-2/h4-7,10H,1-2,8-9H2,3H3. The maximum atomic E-state index is 11.4. The fraction of sp³-hybridized carbons (Fsp3) is 0.214. The van der Waals surface area contributed by atoms with Crippen LogP contribution in [0.4, 0.5) is 0 Å². The Balaban J connectivity index is 2.95. The molecule has 0 aromatic heterocycles. The van der Waals surface area contributed by atoms with Crippen LogP contribution in [-0.2, 0) is 0 Å². The average molecular weight is 232 g/mol. The molecule has 3 nitrogen and oxygen atoms in total. The number of carbonyl (C=O) groups is 1. The average Bonchev–Trinajstić information content (AvgIpc) is 2.33. The van der Waals surface area contributed by atoms with Crippen LogP contribution in [0.15, 0.2) is 43.5 Å². The third kappa shape index (κ3) is 3.79. The van der Waals surface area contributed by atoms with E-state index >= 15 is 0 Å². The van der Waals surface area contributed by atoms with E-state index in [1.165, 1.54) is 6.92 Å². The molecular formula is C14H16O3. The van der Waals surface area contributed by atoms with Gasteiger partial charge in [-0.25, -0.2) is 0 Å².